The van der Waals surface area contributed by atoms with E-state index in [9.17, 15) is 22.8 Å². The molecule has 0 bridgehead atoms. The maximum atomic E-state index is 12.3. The number of ether oxygens (including phenoxy) is 1. The zero-order valence-corrected chi connectivity index (χ0v) is 18.7. The van der Waals surface area contributed by atoms with E-state index in [0.717, 1.165) is 4.90 Å². The number of amides is 2. The van der Waals surface area contributed by atoms with Gasteiger partial charge in [0.15, 0.2) is 9.84 Å². The lowest BCUT2D eigenvalue weighted by atomic mass is 10.1. The van der Waals surface area contributed by atoms with Gasteiger partial charge in [-0.05, 0) is 31.6 Å². The van der Waals surface area contributed by atoms with Crippen LogP contribution in [0.3, 0.4) is 0 Å². The molecule has 2 aliphatic heterocycles. The van der Waals surface area contributed by atoms with Crippen LogP contribution in [0.15, 0.2) is 30.3 Å². The summed E-state index contributed by atoms with van der Waals surface area (Å²) in [6.45, 7) is 1.50. The number of fused-ring (bicyclic) bond motifs is 1. The van der Waals surface area contributed by atoms with Crippen LogP contribution in [0.4, 0.5) is 0 Å². The number of carbonyl (C=O) groups is 3. The van der Waals surface area contributed by atoms with E-state index in [2.05, 4.69) is 5.10 Å². The Morgan fingerprint density at radius 3 is 2.50 bits per heavy atom. The van der Waals surface area contributed by atoms with Gasteiger partial charge < -0.3 is 4.74 Å². The quantitative estimate of drug-likeness (QED) is 0.355. The van der Waals surface area contributed by atoms with Crippen LogP contribution < -0.4 is 0 Å². The molecule has 11 heteroatoms. The molecule has 2 amide bonds. The van der Waals surface area contributed by atoms with Crippen LogP contribution in [-0.4, -0.2) is 65.5 Å². The second kappa shape index (κ2) is 8.51. The number of carbonyl (C=O) groups excluding carboxylic acids is 3. The monoisotopic (exact) mass is 477 g/mol. The molecule has 1 aromatic heterocycles. The number of aromatic nitrogens is 2. The van der Waals surface area contributed by atoms with Gasteiger partial charge in [0.25, 0.3) is 11.8 Å². The number of benzene rings is 1. The minimum atomic E-state index is -3.10. The van der Waals surface area contributed by atoms with Gasteiger partial charge in [0.2, 0.25) is 0 Å². The summed E-state index contributed by atoms with van der Waals surface area (Å²) in [6.07, 6.45) is 3.06. The SMILES string of the molecule is Cc1nn(C2CCS(=O)(=O)C2)c(Cl)c1C=CC(=O)OCCN1C(=O)c2ccccc2C1=O. The second-order valence-corrected chi connectivity index (χ2v) is 10.2. The summed E-state index contributed by atoms with van der Waals surface area (Å²) in [5, 5.41) is 4.57. The number of aryl methyl sites for hydroxylation is 1. The number of hydrogen-bond donors (Lipinski definition) is 0. The first kappa shape index (κ1) is 22.2. The summed E-state index contributed by atoms with van der Waals surface area (Å²) >= 11 is 6.37. The molecule has 1 fully saturated rings. The molecule has 2 aromatic rings. The molecule has 9 nitrogen and oxygen atoms in total. The first-order valence-electron chi connectivity index (χ1n) is 9.93. The Morgan fingerprint density at radius 1 is 1.25 bits per heavy atom. The van der Waals surface area contributed by atoms with Crippen LogP contribution in [0.1, 0.15) is 44.4 Å². The molecule has 0 saturated carbocycles. The molecule has 1 saturated heterocycles. The van der Waals surface area contributed by atoms with E-state index in [4.69, 9.17) is 16.3 Å². The van der Waals surface area contributed by atoms with E-state index in [1.54, 1.807) is 31.2 Å². The van der Waals surface area contributed by atoms with Gasteiger partial charge in [0, 0.05) is 11.6 Å². The lowest BCUT2D eigenvalue weighted by molar-refractivity contribution is -0.137. The average Bonchev–Trinajstić information content (AvgIpc) is 3.34. The number of esters is 1. The first-order valence-corrected chi connectivity index (χ1v) is 12.1. The minimum absolute atomic E-state index is 0.0170. The Kier molecular flexibility index (Phi) is 5.91. The van der Waals surface area contributed by atoms with E-state index in [0.29, 0.717) is 28.8 Å². The van der Waals surface area contributed by atoms with Crippen molar-refractivity contribution in [2.75, 3.05) is 24.7 Å². The predicted molar refractivity (Wildman–Crippen MR) is 116 cm³/mol. The third kappa shape index (κ3) is 4.20. The van der Waals surface area contributed by atoms with Crippen LogP contribution in [0.2, 0.25) is 5.15 Å². The summed E-state index contributed by atoms with van der Waals surface area (Å²) in [7, 11) is -3.10. The number of nitrogens with zero attached hydrogens (tertiary/aromatic N) is 3. The van der Waals surface area contributed by atoms with Crippen molar-refractivity contribution >= 4 is 45.3 Å². The van der Waals surface area contributed by atoms with Crippen molar-refractivity contribution in [3.63, 3.8) is 0 Å². The highest BCUT2D eigenvalue weighted by atomic mass is 35.5. The van der Waals surface area contributed by atoms with Gasteiger partial charge in [0.1, 0.15) is 11.8 Å². The third-order valence-electron chi connectivity index (χ3n) is 5.45. The molecule has 0 aliphatic carbocycles. The van der Waals surface area contributed by atoms with Crippen molar-refractivity contribution in [2.24, 2.45) is 0 Å². The standard InChI is InChI=1S/C21H20ClN3O6S/c1-13-15(19(22)25(23-13)14-8-11-32(29,30)12-14)6-7-18(26)31-10-9-24-20(27)16-4-2-3-5-17(16)21(24)28/h2-7,14H,8-12H2,1H3. The number of sulfone groups is 1. The number of hydrogen-bond acceptors (Lipinski definition) is 7. The van der Waals surface area contributed by atoms with E-state index >= 15 is 0 Å². The smallest absolute Gasteiger partial charge is 0.330 e. The lowest BCUT2D eigenvalue weighted by Crippen LogP contribution is -2.33. The first-order chi connectivity index (χ1) is 15.2. The van der Waals surface area contributed by atoms with Crippen LogP contribution in [-0.2, 0) is 19.4 Å². The Labute approximate surface area is 189 Å². The summed E-state index contributed by atoms with van der Waals surface area (Å²) in [4.78, 5) is 37.8. The highest BCUT2D eigenvalue weighted by Crippen LogP contribution is 2.30. The fourth-order valence-electron chi connectivity index (χ4n) is 3.81. The fraction of sp³-hybridized carbons (Fsp3) is 0.333. The van der Waals surface area contributed by atoms with Crippen LogP contribution in [0.25, 0.3) is 6.08 Å². The van der Waals surface area contributed by atoms with E-state index in [-0.39, 0.29) is 35.9 Å². The zero-order chi connectivity index (χ0) is 23.0. The Bertz CT molecular complexity index is 1220. The summed E-state index contributed by atoms with van der Waals surface area (Å²) in [5.74, 6) is -1.43. The number of halogens is 1. The molecule has 3 heterocycles. The molecule has 0 radical (unpaired) electrons. The summed E-state index contributed by atoms with van der Waals surface area (Å²) in [6, 6.07) is 6.19. The summed E-state index contributed by atoms with van der Waals surface area (Å²) < 4.78 is 30.1. The molecular formula is C21H20ClN3O6S. The lowest BCUT2D eigenvalue weighted by Gasteiger charge is -2.13. The summed E-state index contributed by atoms with van der Waals surface area (Å²) in [5.41, 5.74) is 1.71. The minimum Gasteiger partial charge on any atom is -0.461 e. The van der Waals surface area contributed by atoms with E-state index < -0.39 is 27.6 Å². The van der Waals surface area contributed by atoms with Gasteiger partial charge in [0.05, 0.1) is 40.9 Å². The third-order valence-corrected chi connectivity index (χ3v) is 7.58. The Morgan fingerprint density at radius 2 is 1.91 bits per heavy atom. The van der Waals surface area contributed by atoms with Gasteiger partial charge in [-0.25, -0.2) is 17.9 Å². The molecule has 1 aromatic carbocycles. The predicted octanol–water partition coefficient (Wildman–Crippen LogP) is 2.06. The molecule has 0 spiro atoms. The molecule has 168 valence electrons. The average molecular weight is 478 g/mol. The van der Waals surface area contributed by atoms with Crippen LogP contribution in [0.5, 0.6) is 0 Å². The van der Waals surface area contributed by atoms with Crippen molar-refractivity contribution in [1.29, 1.82) is 0 Å². The molecule has 4 rings (SSSR count). The highest BCUT2D eigenvalue weighted by molar-refractivity contribution is 7.91. The number of rotatable bonds is 6. The van der Waals surface area contributed by atoms with Gasteiger partial charge >= 0.3 is 5.97 Å². The second-order valence-electron chi connectivity index (χ2n) is 7.60. The fourth-order valence-corrected chi connectivity index (χ4v) is 5.88. The molecule has 0 N–H and O–H groups in total. The highest BCUT2D eigenvalue weighted by Gasteiger charge is 2.35. The van der Waals surface area contributed by atoms with Crippen molar-refractivity contribution < 1.29 is 27.5 Å². The maximum Gasteiger partial charge on any atom is 0.330 e. The molecule has 32 heavy (non-hydrogen) atoms. The van der Waals surface area contributed by atoms with Crippen molar-refractivity contribution in [1.82, 2.24) is 14.7 Å². The number of imide groups is 1. The van der Waals surface area contributed by atoms with Crippen molar-refractivity contribution in [2.45, 2.75) is 19.4 Å². The van der Waals surface area contributed by atoms with Crippen molar-refractivity contribution in [3.8, 4) is 0 Å². The maximum absolute atomic E-state index is 12.3. The molecule has 2 aliphatic rings. The van der Waals surface area contributed by atoms with Crippen LogP contribution in [0, 0.1) is 6.92 Å². The zero-order valence-electron chi connectivity index (χ0n) is 17.2. The van der Waals surface area contributed by atoms with Crippen molar-refractivity contribution in [3.05, 3.63) is 57.9 Å². The Balaban J connectivity index is 1.35. The normalized spacial score (nSPS) is 19.7. The van der Waals surface area contributed by atoms with Crippen LogP contribution >= 0.6 is 11.6 Å². The largest absolute Gasteiger partial charge is 0.461 e. The van der Waals surface area contributed by atoms with Gasteiger partial charge in [-0.3, -0.25) is 14.5 Å². The Hall–Kier alpha value is -2.98. The van der Waals surface area contributed by atoms with Gasteiger partial charge in [-0.2, -0.15) is 5.10 Å². The van der Waals surface area contributed by atoms with Gasteiger partial charge in [-0.15, -0.1) is 0 Å². The van der Waals surface area contributed by atoms with E-state index in [1.807, 2.05) is 0 Å². The molecule has 1 atom stereocenters. The topological polar surface area (TPSA) is 116 Å². The molecule has 1 unspecified atom stereocenters. The van der Waals surface area contributed by atoms with Gasteiger partial charge in [-0.1, -0.05) is 23.7 Å². The van der Waals surface area contributed by atoms with E-state index in [1.165, 1.54) is 16.8 Å². The molecular weight excluding hydrogens is 458 g/mol.